The van der Waals surface area contributed by atoms with Gasteiger partial charge in [0.1, 0.15) is 15.4 Å². The van der Waals surface area contributed by atoms with Gasteiger partial charge in [0.25, 0.3) is 0 Å². The average molecular weight is 404 g/mol. The number of hydrogen-bond acceptors (Lipinski definition) is 4. The minimum Gasteiger partial charge on any atom is -0.461 e. The molecule has 4 atom stereocenters. The molecule has 27 heavy (non-hydrogen) atoms. The van der Waals surface area contributed by atoms with E-state index in [-0.39, 0.29) is 35.3 Å². The highest BCUT2D eigenvalue weighted by Gasteiger charge is 2.74. The number of ether oxygens (including phenoxy) is 1. The lowest BCUT2D eigenvalue weighted by atomic mass is 9.68. The number of nitrogens with zero attached hydrogens (tertiary/aromatic N) is 1. The number of rotatable bonds is 2. The van der Waals surface area contributed by atoms with Crippen LogP contribution >= 0.6 is 23.2 Å². The van der Waals surface area contributed by atoms with Gasteiger partial charge in [-0.2, -0.15) is 0 Å². The molecule has 5 rings (SSSR count). The molecular weight excluding hydrogens is 389 g/mol. The van der Waals surface area contributed by atoms with Crippen LogP contribution in [0.5, 0.6) is 0 Å². The second kappa shape index (κ2) is 5.24. The van der Waals surface area contributed by atoms with Gasteiger partial charge in [0.05, 0.1) is 23.3 Å². The zero-order chi connectivity index (χ0) is 19.1. The van der Waals surface area contributed by atoms with Gasteiger partial charge in [-0.1, -0.05) is 18.2 Å². The first kappa shape index (κ1) is 17.0. The Balaban J connectivity index is 1.88. The van der Waals surface area contributed by atoms with Crippen molar-refractivity contribution in [2.75, 3.05) is 6.61 Å². The van der Waals surface area contributed by atoms with Crippen molar-refractivity contribution >= 4 is 46.3 Å². The molecule has 0 amide bonds. The monoisotopic (exact) mass is 403 g/mol. The predicted molar refractivity (Wildman–Crippen MR) is 99.9 cm³/mol. The molecule has 4 unspecified atom stereocenters. The van der Waals surface area contributed by atoms with Crippen molar-refractivity contribution in [3.8, 4) is 0 Å². The van der Waals surface area contributed by atoms with Gasteiger partial charge >= 0.3 is 5.97 Å². The fraction of sp³-hybridized carbons (Fsp3) is 0.350. The average Bonchev–Trinajstić information content (AvgIpc) is 3.32. The third-order valence-electron chi connectivity index (χ3n) is 6.06. The number of pyridine rings is 1. The van der Waals surface area contributed by atoms with E-state index in [0.717, 1.165) is 0 Å². The number of esters is 1. The van der Waals surface area contributed by atoms with Crippen LogP contribution < -0.4 is 0 Å². The highest BCUT2D eigenvalue weighted by Crippen LogP contribution is 2.64. The molecule has 0 saturated heterocycles. The van der Waals surface area contributed by atoms with Crippen LogP contribution in [0, 0.1) is 11.8 Å². The molecule has 2 aromatic heterocycles. The molecule has 2 bridgehead atoms. The van der Waals surface area contributed by atoms with Gasteiger partial charge in [-0.15, -0.1) is 23.2 Å². The summed E-state index contributed by atoms with van der Waals surface area (Å²) in [5, 5.41) is 0. The molecule has 0 N–H and O–H groups in total. The Hall–Kier alpha value is -2.11. The highest BCUT2D eigenvalue weighted by molar-refractivity contribution is 6.56. The Morgan fingerprint density at radius 2 is 1.78 bits per heavy atom. The summed E-state index contributed by atoms with van der Waals surface area (Å²) in [5.41, 5.74) is 0.679. The van der Waals surface area contributed by atoms with Gasteiger partial charge in [-0.05, 0) is 25.5 Å². The summed E-state index contributed by atoms with van der Waals surface area (Å²) >= 11 is 13.7. The van der Waals surface area contributed by atoms with E-state index in [1.807, 2.05) is 12.2 Å². The smallest absolute Gasteiger partial charge is 0.356 e. The normalized spacial score (nSPS) is 33.4. The first-order chi connectivity index (χ1) is 12.9. The van der Waals surface area contributed by atoms with Crippen molar-refractivity contribution in [3.63, 3.8) is 0 Å². The molecule has 1 fully saturated rings. The molecule has 2 heterocycles. The van der Waals surface area contributed by atoms with Crippen molar-refractivity contribution in [2.24, 2.45) is 11.8 Å². The van der Waals surface area contributed by atoms with Crippen molar-refractivity contribution in [1.29, 1.82) is 0 Å². The van der Waals surface area contributed by atoms with E-state index in [9.17, 15) is 14.4 Å². The summed E-state index contributed by atoms with van der Waals surface area (Å²) in [4.78, 5) is 36.8. The molecule has 3 aliphatic carbocycles. The lowest BCUT2D eigenvalue weighted by Gasteiger charge is -2.43. The van der Waals surface area contributed by atoms with Crippen molar-refractivity contribution in [1.82, 2.24) is 4.40 Å². The zero-order valence-corrected chi connectivity index (χ0v) is 15.9. The molecule has 138 valence electrons. The molecule has 0 aromatic carbocycles. The first-order valence-electron chi connectivity index (χ1n) is 8.83. The summed E-state index contributed by atoms with van der Waals surface area (Å²) in [6, 6.07) is 5.15. The number of aromatic nitrogens is 1. The quantitative estimate of drug-likeness (QED) is 0.436. The summed E-state index contributed by atoms with van der Waals surface area (Å²) in [6.45, 7) is 1.83. The van der Waals surface area contributed by atoms with Crippen LogP contribution in [0.3, 0.4) is 0 Å². The number of carbonyl (C=O) groups is 3. The molecule has 7 heteroatoms. The van der Waals surface area contributed by atoms with Crippen LogP contribution in [0.15, 0.2) is 36.5 Å². The predicted octanol–water partition coefficient (Wildman–Crippen LogP) is 3.66. The maximum atomic E-state index is 13.6. The number of allylic oxidation sites excluding steroid dienone is 2. The number of alkyl halides is 2. The topological polar surface area (TPSA) is 64.8 Å². The van der Waals surface area contributed by atoms with Gasteiger partial charge in [0.15, 0.2) is 11.6 Å². The lowest BCUT2D eigenvalue weighted by Crippen LogP contribution is -2.62. The molecule has 0 radical (unpaired) electrons. The van der Waals surface area contributed by atoms with Crippen LogP contribution in [0.1, 0.15) is 44.5 Å². The standard InChI is InChI=1S/C20H15Cl2NO4/c1-2-27-18(26)15-14-13(12-5-3-4-8-23(12)15)16(24)19(21)10-6-7-11(9-10)20(19,22)17(14)25/h3-8,10-11H,2,9H2,1H3. The highest BCUT2D eigenvalue weighted by atomic mass is 35.5. The Labute approximate surface area is 164 Å². The van der Waals surface area contributed by atoms with E-state index in [4.69, 9.17) is 27.9 Å². The first-order valence-corrected chi connectivity index (χ1v) is 9.58. The second-order valence-corrected chi connectivity index (χ2v) is 8.38. The van der Waals surface area contributed by atoms with Gasteiger partial charge < -0.3 is 9.14 Å². The second-order valence-electron chi connectivity index (χ2n) is 7.19. The summed E-state index contributed by atoms with van der Waals surface area (Å²) in [5.74, 6) is -2.19. The van der Waals surface area contributed by atoms with Crippen molar-refractivity contribution in [3.05, 3.63) is 53.4 Å². The number of Topliss-reactive ketones (excluding diaryl/α,β-unsaturated/α-hetero) is 2. The maximum Gasteiger partial charge on any atom is 0.356 e. The number of carbonyl (C=O) groups excluding carboxylic acids is 3. The fourth-order valence-corrected chi connectivity index (χ4v) is 5.88. The molecule has 2 aromatic rings. The summed E-state index contributed by atoms with van der Waals surface area (Å²) in [6.07, 6.45) is 5.91. The van der Waals surface area contributed by atoms with E-state index < -0.39 is 27.3 Å². The van der Waals surface area contributed by atoms with E-state index in [2.05, 4.69) is 0 Å². The Kier molecular flexibility index (Phi) is 3.30. The lowest BCUT2D eigenvalue weighted by molar-refractivity contribution is 0.0513. The van der Waals surface area contributed by atoms with E-state index >= 15 is 0 Å². The third kappa shape index (κ3) is 1.71. The van der Waals surface area contributed by atoms with Crippen LogP contribution in [0.25, 0.3) is 5.52 Å². The van der Waals surface area contributed by atoms with Crippen LogP contribution in [-0.2, 0) is 4.74 Å². The zero-order valence-electron chi connectivity index (χ0n) is 14.4. The Morgan fingerprint density at radius 1 is 1.15 bits per heavy atom. The third-order valence-corrected chi connectivity index (χ3v) is 7.66. The Morgan fingerprint density at radius 3 is 2.41 bits per heavy atom. The van der Waals surface area contributed by atoms with Crippen molar-refractivity contribution in [2.45, 2.75) is 23.1 Å². The van der Waals surface area contributed by atoms with Crippen LogP contribution in [-0.4, -0.2) is 38.3 Å². The minimum atomic E-state index is -1.59. The summed E-state index contributed by atoms with van der Waals surface area (Å²) in [7, 11) is 0. The van der Waals surface area contributed by atoms with Gasteiger partial charge in [-0.3, -0.25) is 9.59 Å². The van der Waals surface area contributed by atoms with E-state index in [0.29, 0.717) is 11.9 Å². The summed E-state index contributed by atoms with van der Waals surface area (Å²) < 4.78 is 6.69. The number of hydrogen-bond donors (Lipinski definition) is 0. The maximum absolute atomic E-state index is 13.6. The molecule has 0 spiro atoms. The fourth-order valence-electron chi connectivity index (χ4n) is 4.92. The van der Waals surface area contributed by atoms with Gasteiger partial charge in [0, 0.05) is 18.0 Å². The Bertz CT molecular complexity index is 1090. The minimum absolute atomic E-state index is 0.0249. The van der Waals surface area contributed by atoms with Crippen molar-refractivity contribution < 1.29 is 19.1 Å². The SMILES string of the molecule is CCOC(=O)c1c2c(c3ccccn13)C(=O)C1(Cl)C3C=CC(C3)C1(Cl)C2=O. The van der Waals surface area contributed by atoms with Crippen LogP contribution in [0.2, 0.25) is 0 Å². The molecule has 5 nitrogen and oxygen atoms in total. The molecular formula is C20H15Cl2NO4. The largest absolute Gasteiger partial charge is 0.461 e. The van der Waals surface area contributed by atoms with Gasteiger partial charge in [0.2, 0.25) is 0 Å². The van der Waals surface area contributed by atoms with E-state index in [1.54, 1.807) is 31.3 Å². The van der Waals surface area contributed by atoms with Crippen LogP contribution in [0.4, 0.5) is 0 Å². The number of ketones is 2. The molecule has 3 aliphatic rings. The number of fused-ring (bicyclic) bond motifs is 8. The van der Waals surface area contributed by atoms with E-state index in [1.165, 1.54) is 4.40 Å². The van der Waals surface area contributed by atoms with Gasteiger partial charge in [-0.25, -0.2) is 4.79 Å². The molecule has 1 saturated carbocycles. The molecule has 0 aliphatic heterocycles. The number of halogens is 2.